The smallest absolute Gasteiger partial charge is 0.191 e. The molecule has 2 N–H and O–H groups in total. The van der Waals surface area contributed by atoms with Gasteiger partial charge in [0.1, 0.15) is 5.75 Å². The maximum atomic E-state index is 5.44. The van der Waals surface area contributed by atoms with Crippen molar-refractivity contribution in [2.75, 3.05) is 13.7 Å². The zero-order valence-electron chi connectivity index (χ0n) is 14.7. The molecule has 0 atom stereocenters. The molecule has 0 spiro atoms. The molecule has 1 aromatic carbocycles. The second-order valence-electron chi connectivity index (χ2n) is 5.39. The van der Waals surface area contributed by atoms with E-state index in [1.54, 1.807) is 18.4 Å². The Bertz CT molecular complexity index is 670. The lowest BCUT2D eigenvalue weighted by Gasteiger charge is -2.12. The van der Waals surface area contributed by atoms with Crippen LogP contribution >= 0.6 is 35.3 Å². The van der Waals surface area contributed by atoms with Crippen LogP contribution in [0.25, 0.3) is 0 Å². The highest BCUT2D eigenvalue weighted by Crippen LogP contribution is 2.20. The van der Waals surface area contributed by atoms with Gasteiger partial charge in [0.05, 0.1) is 20.2 Å². The number of benzene rings is 1. The first-order valence-corrected chi connectivity index (χ1v) is 8.70. The fourth-order valence-corrected chi connectivity index (χ4v) is 3.08. The van der Waals surface area contributed by atoms with Gasteiger partial charge >= 0.3 is 0 Å². The van der Waals surface area contributed by atoms with Crippen molar-refractivity contribution >= 4 is 41.3 Å². The first-order chi connectivity index (χ1) is 11.1. The summed E-state index contributed by atoms with van der Waals surface area (Å²) in [5.41, 5.74) is 3.59. The number of guanidine groups is 1. The van der Waals surface area contributed by atoms with Gasteiger partial charge in [-0.05, 0) is 49.4 Å². The average molecular weight is 459 g/mol. The van der Waals surface area contributed by atoms with Crippen LogP contribution in [0.4, 0.5) is 0 Å². The number of thiophene rings is 1. The molecule has 1 heterocycles. The number of nitrogens with zero attached hydrogens (tertiary/aromatic N) is 1. The fourth-order valence-electron chi connectivity index (χ4n) is 2.24. The molecule has 0 saturated heterocycles. The number of halogens is 1. The molecule has 132 valence electrons. The molecule has 0 aliphatic heterocycles. The molecule has 0 amide bonds. The van der Waals surface area contributed by atoms with Crippen LogP contribution in [0.15, 0.2) is 34.6 Å². The maximum absolute atomic E-state index is 5.44. The normalized spacial score (nSPS) is 10.9. The van der Waals surface area contributed by atoms with E-state index >= 15 is 0 Å². The number of methoxy groups -OCH3 is 1. The van der Waals surface area contributed by atoms with Crippen LogP contribution in [0, 0.1) is 13.8 Å². The van der Waals surface area contributed by atoms with Gasteiger partial charge in [0.2, 0.25) is 0 Å². The number of hydrogen-bond donors (Lipinski definition) is 2. The topological polar surface area (TPSA) is 45.7 Å². The molecular weight excluding hydrogens is 433 g/mol. The number of hydrogen-bond acceptors (Lipinski definition) is 3. The Morgan fingerprint density at radius 2 is 2.00 bits per heavy atom. The summed E-state index contributed by atoms with van der Waals surface area (Å²) in [6.45, 7) is 8.47. The lowest BCUT2D eigenvalue weighted by atomic mass is 10.1. The van der Waals surface area contributed by atoms with Gasteiger partial charge in [-0.3, -0.25) is 0 Å². The Morgan fingerprint density at radius 3 is 2.62 bits per heavy atom. The van der Waals surface area contributed by atoms with Crippen LogP contribution in [0.1, 0.15) is 28.5 Å². The maximum Gasteiger partial charge on any atom is 0.191 e. The van der Waals surface area contributed by atoms with E-state index in [0.717, 1.165) is 30.4 Å². The fraction of sp³-hybridized carbons (Fsp3) is 0.389. The highest BCUT2D eigenvalue weighted by atomic mass is 127. The SMILES string of the molecule is CCNC(=NCc1ccc(C)cc1OC)NCc1sccc1C.I. The Labute approximate surface area is 165 Å². The van der Waals surface area contributed by atoms with Crippen molar-refractivity contribution < 1.29 is 4.74 Å². The summed E-state index contributed by atoms with van der Waals surface area (Å²) in [7, 11) is 1.70. The lowest BCUT2D eigenvalue weighted by molar-refractivity contribution is 0.409. The summed E-state index contributed by atoms with van der Waals surface area (Å²) in [6.07, 6.45) is 0. The largest absolute Gasteiger partial charge is 0.496 e. The summed E-state index contributed by atoms with van der Waals surface area (Å²) >= 11 is 1.77. The molecule has 0 aliphatic rings. The van der Waals surface area contributed by atoms with Crippen LogP contribution in [0.2, 0.25) is 0 Å². The van der Waals surface area contributed by atoms with E-state index in [0.29, 0.717) is 6.54 Å². The number of rotatable bonds is 6. The van der Waals surface area contributed by atoms with Crippen molar-refractivity contribution in [2.24, 2.45) is 4.99 Å². The van der Waals surface area contributed by atoms with Gasteiger partial charge in [0, 0.05) is 17.0 Å². The van der Waals surface area contributed by atoms with Crippen LogP contribution in [0.3, 0.4) is 0 Å². The first kappa shape index (κ1) is 20.8. The number of aliphatic imine (C=N–C) groups is 1. The van der Waals surface area contributed by atoms with Gasteiger partial charge in [-0.25, -0.2) is 4.99 Å². The second kappa shape index (κ2) is 10.6. The molecule has 1 aromatic heterocycles. The van der Waals surface area contributed by atoms with Gasteiger partial charge in [-0.2, -0.15) is 0 Å². The highest BCUT2D eigenvalue weighted by molar-refractivity contribution is 14.0. The van der Waals surface area contributed by atoms with Gasteiger partial charge < -0.3 is 15.4 Å². The predicted octanol–water partition coefficient (Wildman–Crippen LogP) is 4.25. The Hall–Kier alpha value is -1.28. The van der Waals surface area contributed by atoms with Crippen molar-refractivity contribution in [3.8, 4) is 5.75 Å². The summed E-state index contributed by atoms with van der Waals surface area (Å²) in [4.78, 5) is 6.01. The molecule has 2 rings (SSSR count). The zero-order chi connectivity index (χ0) is 16.7. The van der Waals surface area contributed by atoms with E-state index in [9.17, 15) is 0 Å². The third kappa shape index (κ3) is 5.98. The molecule has 4 nitrogen and oxygen atoms in total. The van der Waals surface area contributed by atoms with Crippen molar-refractivity contribution in [1.82, 2.24) is 10.6 Å². The summed E-state index contributed by atoms with van der Waals surface area (Å²) in [5, 5.41) is 8.80. The van der Waals surface area contributed by atoms with Crippen molar-refractivity contribution in [3.05, 3.63) is 51.2 Å². The van der Waals surface area contributed by atoms with Crippen molar-refractivity contribution in [1.29, 1.82) is 0 Å². The van der Waals surface area contributed by atoms with Crippen molar-refractivity contribution in [2.45, 2.75) is 33.9 Å². The lowest BCUT2D eigenvalue weighted by Crippen LogP contribution is -2.36. The summed E-state index contributed by atoms with van der Waals surface area (Å²) in [5.74, 6) is 1.71. The minimum absolute atomic E-state index is 0. The van der Waals surface area contributed by atoms with E-state index in [-0.39, 0.29) is 24.0 Å². The second-order valence-corrected chi connectivity index (χ2v) is 6.39. The highest BCUT2D eigenvalue weighted by Gasteiger charge is 2.05. The minimum atomic E-state index is 0. The van der Waals surface area contributed by atoms with Gasteiger partial charge in [-0.1, -0.05) is 12.1 Å². The van der Waals surface area contributed by atoms with Gasteiger partial charge in [0.25, 0.3) is 0 Å². The Balaban J connectivity index is 0.00000288. The van der Waals surface area contributed by atoms with E-state index in [1.807, 2.05) is 6.07 Å². The van der Waals surface area contributed by atoms with Crippen LogP contribution < -0.4 is 15.4 Å². The molecule has 2 aromatic rings. The number of aryl methyl sites for hydroxylation is 2. The van der Waals surface area contributed by atoms with Gasteiger partial charge in [-0.15, -0.1) is 35.3 Å². The molecule has 0 bridgehead atoms. The number of nitrogens with one attached hydrogen (secondary N) is 2. The average Bonchev–Trinajstić information content (AvgIpc) is 2.96. The Kier molecular flexibility index (Phi) is 9.13. The quantitative estimate of drug-likeness (QED) is 0.386. The third-order valence-electron chi connectivity index (χ3n) is 3.58. The van der Waals surface area contributed by atoms with E-state index in [2.05, 4.69) is 60.0 Å². The summed E-state index contributed by atoms with van der Waals surface area (Å²) in [6, 6.07) is 8.34. The van der Waals surface area contributed by atoms with E-state index < -0.39 is 0 Å². The monoisotopic (exact) mass is 459 g/mol. The minimum Gasteiger partial charge on any atom is -0.496 e. The third-order valence-corrected chi connectivity index (χ3v) is 4.60. The van der Waals surface area contributed by atoms with Gasteiger partial charge in [0.15, 0.2) is 5.96 Å². The molecule has 0 saturated carbocycles. The number of ether oxygens (including phenoxy) is 1. The van der Waals surface area contributed by atoms with E-state index in [1.165, 1.54) is 16.0 Å². The molecule has 0 radical (unpaired) electrons. The summed E-state index contributed by atoms with van der Waals surface area (Å²) < 4.78 is 5.44. The molecule has 0 fully saturated rings. The molecule has 0 aliphatic carbocycles. The molecule has 24 heavy (non-hydrogen) atoms. The first-order valence-electron chi connectivity index (χ1n) is 7.82. The molecule has 6 heteroatoms. The van der Waals surface area contributed by atoms with Crippen molar-refractivity contribution in [3.63, 3.8) is 0 Å². The Morgan fingerprint density at radius 1 is 1.21 bits per heavy atom. The molecular formula is C18H26IN3OS. The van der Waals surface area contributed by atoms with Crippen LogP contribution in [-0.2, 0) is 13.1 Å². The van der Waals surface area contributed by atoms with E-state index in [4.69, 9.17) is 4.74 Å². The predicted molar refractivity (Wildman–Crippen MR) is 114 cm³/mol. The molecule has 0 unspecified atom stereocenters. The standard InChI is InChI=1S/C18H25N3OS.HI/c1-5-19-18(21-12-17-14(3)8-9-23-17)20-11-15-7-6-13(2)10-16(15)22-4;/h6-10H,5,11-12H2,1-4H3,(H2,19,20,21);1H. The van der Waals surface area contributed by atoms with Crippen LogP contribution in [0.5, 0.6) is 5.75 Å². The van der Waals surface area contributed by atoms with Crippen LogP contribution in [-0.4, -0.2) is 19.6 Å². The zero-order valence-corrected chi connectivity index (χ0v) is 17.8.